The molecule has 1 aliphatic rings. The summed E-state index contributed by atoms with van der Waals surface area (Å²) >= 11 is 0. The fourth-order valence-electron chi connectivity index (χ4n) is 3.21. The topological polar surface area (TPSA) is 49.6 Å². The van der Waals surface area contributed by atoms with Crippen molar-refractivity contribution in [3.05, 3.63) is 35.4 Å². The van der Waals surface area contributed by atoms with Crippen molar-refractivity contribution in [3.8, 4) is 0 Å². The Morgan fingerprint density at radius 3 is 2.19 bits per heavy atom. The third-order valence-electron chi connectivity index (χ3n) is 4.63. The Morgan fingerprint density at radius 2 is 1.69 bits per heavy atom. The number of rotatable bonds is 5. The van der Waals surface area contributed by atoms with Gasteiger partial charge >= 0.3 is 0 Å². The van der Waals surface area contributed by atoms with Crippen LogP contribution in [0.2, 0.25) is 0 Å². The molecule has 2 atom stereocenters. The van der Waals surface area contributed by atoms with E-state index in [-0.39, 0.29) is 36.8 Å². The van der Waals surface area contributed by atoms with Gasteiger partial charge < -0.3 is 10.6 Å². The first-order valence-electron chi connectivity index (χ1n) is 8.53. The highest BCUT2D eigenvalue weighted by Crippen LogP contribution is 2.25. The van der Waals surface area contributed by atoms with Crippen LogP contribution in [0.1, 0.15) is 38.8 Å². The smallest absolute Gasteiger partial charge is 0.239 e. The number of nitrogens with two attached hydrogens (primary N) is 1. The molecule has 1 heterocycles. The Morgan fingerprint density at radius 1 is 1.12 bits per heavy atom. The van der Waals surface area contributed by atoms with Crippen LogP contribution in [0.3, 0.4) is 0 Å². The number of carbonyl (C=O) groups is 1. The van der Waals surface area contributed by atoms with E-state index in [0.29, 0.717) is 44.1 Å². The van der Waals surface area contributed by atoms with Crippen LogP contribution in [-0.4, -0.2) is 47.9 Å². The molecule has 1 aromatic carbocycles. The second-order valence-electron chi connectivity index (χ2n) is 6.94. The molecule has 26 heavy (non-hydrogen) atoms. The van der Waals surface area contributed by atoms with Crippen LogP contribution in [0, 0.1) is 17.6 Å². The average Bonchev–Trinajstić information content (AvgIpc) is 2.53. The maximum absolute atomic E-state index is 13.9. The van der Waals surface area contributed by atoms with Gasteiger partial charge in [-0.3, -0.25) is 9.69 Å². The van der Waals surface area contributed by atoms with Gasteiger partial charge in [0.15, 0.2) is 0 Å². The lowest BCUT2D eigenvalue weighted by Gasteiger charge is -2.39. The van der Waals surface area contributed by atoms with Gasteiger partial charge in [-0.2, -0.15) is 0 Å². The summed E-state index contributed by atoms with van der Waals surface area (Å²) in [5, 5.41) is 0. The Hall–Kier alpha value is -0.950. The molecule has 1 unspecified atom stereocenters. The van der Waals surface area contributed by atoms with Crippen molar-refractivity contribution < 1.29 is 13.6 Å². The fourth-order valence-corrected chi connectivity index (χ4v) is 3.21. The van der Waals surface area contributed by atoms with E-state index in [9.17, 15) is 13.6 Å². The molecular formula is C18H29Cl2F2N3O. The van der Waals surface area contributed by atoms with E-state index < -0.39 is 17.7 Å². The molecule has 0 radical (unpaired) electrons. The summed E-state index contributed by atoms with van der Waals surface area (Å²) in [5.41, 5.74) is 6.46. The van der Waals surface area contributed by atoms with E-state index >= 15 is 0 Å². The van der Waals surface area contributed by atoms with E-state index in [4.69, 9.17) is 5.73 Å². The second-order valence-corrected chi connectivity index (χ2v) is 6.94. The number of piperazine rings is 1. The normalized spacial score (nSPS) is 17.3. The molecule has 150 valence electrons. The molecule has 8 heteroatoms. The molecule has 0 saturated carbocycles. The van der Waals surface area contributed by atoms with Gasteiger partial charge in [0.25, 0.3) is 0 Å². The number of amides is 1. The molecule has 4 nitrogen and oxygen atoms in total. The first-order chi connectivity index (χ1) is 11.3. The highest BCUT2D eigenvalue weighted by molar-refractivity contribution is 5.85. The number of nitrogens with zero attached hydrogens (tertiary/aromatic N) is 2. The molecule has 2 rings (SSSR count). The van der Waals surface area contributed by atoms with E-state index in [0.717, 1.165) is 6.07 Å². The predicted molar refractivity (Wildman–Crippen MR) is 105 cm³/mol. The van der Waals surface area contributed by atoms with Crippen molar-refractivity contribution in [1.82, 2.24) is 9.80 Å². The summed E-state index contributed by atoms with van der Waals surface area (Å²) in [6.45, 7) is 8.46. The summed E-state index contributed by atoms with van der Waals surface area (Å²) in [5.74, 6) is -0.728. The van der Waals surface area contributed by atoms with Gasteiger partial charge in [-0.25, -0.2) is 8.78 Å². The van der Waals surface area contributed by atoms with E-state index in [1.807, 2.05) is 20.8 Å². The number of hydrogen-bond acceptors (Lipinski definition) is 3. The molecule has 0 spiro atoms. The average molecular weight is 412 g/mol. The minimum atomic E-state index is -0.571. The molecule has 0 bridgehead atoms. The summed E-state index contributed by atoms with van der Waals surface area (Å²) in [6.07, 6.45) is 0.677. The van der Waals surface area contributed by atoms with Crippen molar-refractivity contribution in [2.24, 2.45) is 11.7 Å². The molecule has 1 saturated heterocycles. The lowest BCUT2D eigenvalue weighted by molar-refractivity contribution is -0.135. The van der Waals surface area contributed by atoms with Crippen LogP contribution in [0.4, 0.5) is 8.78 Å². The molecule has 2 N–H and O–H groups in total. The Bertz CT molecular complexity index is 582. The maximum Gasteiger partial charge on any atom is 0.239 e. The number of carbonyl (C=O) groups excluding carboxylic acids is 1. The van der Waals surface area contributed by atoms with Crippen LogP contribution in [0.5, 0.6) is 0 Å². The lowest BCUT2D eigenvalue weighted by Crippen LogP contribution is -2.53. The van der Waals surface area contributed by atoms with Crippen LogP contribution in [0.25, 0.3) is 0 Å². The summed E-state index contributed by atoms with van der Waals surface area (Å²) in [4.78, 5) is 16.2. The largest absolute Gasteiger partial charge is 0.339 e. The maximum atomic E-state index is 13.9. The van der Waals surface area contributed by atoms with Crippen molar-refractivity contribution in [1.29, 1.82) is 0 Å². The predicted octanol–water partition coefficient (Wildman–Crippen LogP) is 3.39. The Balaban J connectivity index is 0.00000312. The van der Waals surface area contributed by atoms with Gasteiger partial charge in [-0.05, 0) is 25.3 Å². The Labute approximate surface area is 166 Å². The van der Waals surface area contributed by atoms with Crippen molar-refractivity contribution in [3.63, 3.8) is 0 Å². The molecule has 1 fully saturated rings. The molecule has 0 aliphatic carbocycles. The van der Waals surface area contributed by atoms with Crippen LogP contribution < -0.4 is 5.73 Å². The van der Waals surface area contributed by atoms with Gasteiger partial charge in [0.2, 0.25) is 5.91 Å². The number of hydrogen-bond donors (Lipinski definition) is 1. The van der Waals surface area contributed by atoms with Crippen molar-refractivity contribution in [2.45, 2.75) is 39.3 Å². The van der Waals surface area contributed by atoms with Crippen LogP contribution >= 0.6 is 24.8 Å². The van der Waals surface area contributed by atoms with Gasteiger partial charge in [0, 0.05) is 43.9 Å². The first-order valence-corrected chi connectivity index (χ1v) is 8.53. The summed E-state index contributed by atoms with van der Waals surface area (Å²) in [7, 11) is 0. The summed E-state index contributed by atoms with van der Waals surface area (Å²) in [6, 6.07) is 3.07. The number of benzene rings is 1. The third-order valence-corrected chi connectivity index (χ3v) is 4.63. The molecule has 0 aromatic heterocycles. The Kier molecular flexibility index (Phi) is 10.6. The highest BCUT2D eigenvalue weighted by Gasteiger charge is 2.28. The quantitative estimate of drug-likeness (QED) is 0.807. The third kappa shape index (κ3) is 6.34. The molecule has 1 amide bonds. The highest BCUT2D eigenvalue weighted by atomic mass is 35.5. The standard InChI is InChI=1S/C18H27F2N3O.2ClH/c1-12(2)10-17(21)18(24)23-8-6-22(7-9-23)13(3)15-5-4-14(19)11-16(15)20;;/h4-5,11-13,17H,6-10,21H2,1-3H3;2*1H/t13?,17-;;/m0../s1. The first kappa shape index (κ1) is 25.1. The molecule has 1 aromatic rings. The molecule has 1 aliphatic heterocycles. The zero-order chi connectivity index (χ0) is 17.9. The summed E-state index contributed by atoms with van der Waals surface area (Å²) < 4.78 is 27.0. The minimum Gasteiger partial charge on any atom is -0.339 e. The fraction of sp³-hybridized carbons (Fsp3) is 0.611. The monoisotopic (exact) mass is 411 g/mol. The SMILES string of the molecule is CC(C)C[C@H](N)C(=O)N1CCN(C(C)c2ccc(F)cc2F)CC1.Cl.Cl. The lowest BCUT2D eigenvalue weighted by atomic mass is 10.0. The van der Waals surface area contributed by atoms with Gasteiger partial charge in [0.1, 0.15) is 11.6 Å². The zero-order valence-corrected chi connectivity index (χ0v) is 17.1. The minimum absolute atomic E-state index is 0. The van der Waals surface area contributed by atoms with Crippen LogP contribution in [-0.2, 0) is 4.79 Å². The van der Waals surface area contributed by atoms with Crippen molar-refractivity contribution >= 4 is 30.7 Å². The number of halogens is 4. The van der Waals surface area contributed by atoms with E-state index in [1.54, 1.807) is 4.90 Å². The van der Waals surface area contributed by atoms with Gasteiger partial charge in [-0.1, -0.05) is 19.9 Å². The molecular weight excluding hydrogens is 383 g/mol. The zero-order valence-electron chi connectivity index (χ0n) is 15.5. The second kappa shape index (κ2) is 11.0. The van der Waals surface area contributed by atoms with E-state index in [2.05, 4.69) is 4.90 Å². The van der Waals surface area contributed by atoms with Gasteiger partial charge in [0.05, 0.1) is 6.04 Å². The van der Waals surface area contributed by atoms with Crippen molar-refractivity contribution in [2.75, 3.05) is 26.2 Å². The van der Waals surface area contributed by atoms with E-state index in [1.165, 1.54) is 12.1 Å². The van der Waals surface area contributed by atoms with Gasteiger partial charge in [-0.15, -0.1) is 24.8 Å². The van der Waals surface area contributed by atoms with Crippen LogP contribution in [0.15, 0.2) is 18.2 Å².